The van der Waals surface area contributed by atoms with Gasteiger partial charge in [-0.1, -0.05) is 11.3 Å². The normalized spacial score (nSPS) is 18.3. The highest BCUT2D eigenvalue weighted by Gasteiger charge is 2.27. The molecule has 0 amide bonds. The minimum absolute atomic E-state index is 0.358. The van der Waals surface area contributed by atoms with Crippen LogP contribution in [-0.2, 0) is 9.47 Å². The predicted octanol–water partition coefficient (Wildman–Crippen LogP) is 2.15. The van der Waals surface area contributed by atoms with Gasteiger partial charge in [0.2, 0.25) is 5.79 Å². The predicted molar refractivity (Wildman–Crippen MR) is 51.9 cm³/mol. The molecule has 0 saturated carbocycles. The molecule has 1 aliphatic heterocycles. The largest absolute Gasteiger partial charge is 0.462 e. The van der Waals surface area contributed by atoms with E-state index >= 15 is 0 Å². The van der Waals surface area contributed by atoms with Crippen molar-refractivity contribution in [2.75, 3.05) is 6.61 Å². The summed E-state index contributed by atoms with van der Waals surface area (Å²) in [5.41, 5.74) is 0. The quantitative estimate of drug-likeness (QED) is 0.771. The topological polar surface area (TPSA) is 40.6 Å². The number of ether oxygens (including phenoxy) is 3. The first-order valence-corrected chi connectivity index (χ1v) is 5.12. The van der Waals surface area contributed by atoms with E-state index in [0.29, 0.717) is 17.6 Å². The van der Waals surface area contributed by atoms with E-state index in [1.54, 1.807) is 12.5 Å². The summed E-state index contributed by atoms with van der Waals surface area (Å²) in [4.78, 5) is 3.99. The summed E-state index contributed by atoms with van der Waals surface area (Å²) >= 11 is 1.45. The molecule has 1 aromatic rings. The monoisotopic (exact) mass is 213 g/mol. The zero-order valence-corrected chi connectivity index (χ0v) is 8.84. The van der Waals surface area contributed by atoms with E-state index in [-0.39, 0.29) is 0 Å². The molecule has 76 valence electrons. The molecular weight excluding hydrogens is 202 g/mol. The van der Waals surface area contributed by atoms with Gasteiger partial charge in [-0.3, -0.25) is 0 Å². The van der Waals surface area contributed by atoms with Gasteiger partial charge in [0.25, 0.3) is 5.19 Å². The first-order chi connectivity index (χ1) is 6.66. The fourth-order valence-electron chi connectivity index (χ4n) is 1.05. The van der Waals surface area contributed by atoms with E-state index in [9.17, 15) is 0 Å². The molecule has 5 heteroatoms. The van der Waals surface area contributed by atoms with E-state index in [1.165, 1.54) is 11.3 Å². The second-order valence-corrected chi connectivity index (χ2v) is 4.15. The molecule has 0 radical (unpaired) electrons. The first kappa shape index (κ1) is 9.33. The van der Waals surface area contributed by atoms with Crippen molar-refractivity contribution >= 4 is 11.3 Å². The minimum Gasteiger partial charge on any atom is -0.462 e. The van der Waals surface area contributed by atoms with Crippen LogP contribution in [0.4, 0.5) is 0 Å². The third-order valence-electron chi connectivity index (χ3n) is 1.60. The fourth-order valence-corrected chi connectivity index (χ4v) is 1.54. The van der Waals surface area contributed by atoms with E-state index in [1.807, 2.05) is 19.2 Å². The van der Waals surface area contributed by atoms with Crippen molar-refractivity contribution in [3.05, 3.63) is 23.6 Å². The average molecular weight is 213 g/mol. The highest BCUT2D eigenvalue weighted by Crippen LogP contribution is 2.25. The lowest BCUT2D eigenvalue weighted by atomic mass is 10.4. The molecule has 2 heterocycles. The van der Waals surface area contributed by atoms with Crippen LogP contribution >= 0.6 is 11.3 Å². The number of thiazole rings is 1. The Morgan fingerprint density at radius 3 is 3.00 bits per heavy atom. The Balaban J connectivity index is 1.83. The highest BCUT2D eigenvalue weighted by molar-refractivity contribution is 7.11. The molecule has 0 N–H and O–H groups in total. The van der Waals surface area contributed by atoms with Gasteiger partial charge >= 0.3 is 0 Å². The molecule has 0 spiro atoms. The second-order valence-electron chi connectivity index (χ2n) is 3.29. The molecule has 2 rings (SSSR count). The lowest BCUT2D eigenvalue weighted by Crippen LogP contribution is -2.21. The molecule has 1 aromatic heterocycles. The van der Waals surface area contributed by atoms with Crippen LogP contribution in [-0.4, -0.2) is 17.4 Å². The molecule has 1 aliphatic rings. The van der Waals surface area contributed by atoms with Crippen molar-refractivity contribution in [2.45, 2.75) is 19.6 Å². The molecular formula is C9H11NO3S. The van der Waals surface area contributed by atoms with Crippen LogP contribution in [0.3, 0.4) is 0 Å². The molecule has 0 aliphatic carbocycles. The molecule has 0 aromatic carbocycles. The molecule has 0 atom stereocenters. The van der Waals surface area contributed by atoms with Crippen molar-refractivity contribution < 1.29 is 14.2 Å². The summed E-state index contributed by atoms with van der Waals surface area (Å²) < 4.78 is 16.0. The standard InChI is InChI=1S/C9H11NO3S/c1-9(2)12-6-7(13-9)5-11-8-10-3-4-14-8/h3-4,6H,5H2,1-2H3. The highest BCUT2D eigenvalue weighted by atomic mass is 32.1. The van der Waals surface area contributed by atoms with E-state index in [4.69, 9.17) is 14.2 Å². The van der Waals surface area contributed by atoms with Gasteiger partial charge in [-0.05, 0) is 0 Å². The van der Waals surface area contributed by atoms with Gasteiger partial charge in [0.15, 0.2) is 12.4 Å². The third-order valence-corrected chi connectivity index (χ3v) is 2.28. The summed E-state index contributed by atoms with van der Waals surface area (Å²) in [5.74, 6) is 0.117. The maximum atomic E-state index is 5.44. The maximum Gasteiger partial charge on any atom is 0.273 e. The van der Waals surface area contributed by atoms with Crippen LogP contribution in [0.2, 0.25) is 0 Å². The van der Waals surface area contributed by atoms with Gasteiger partial charge in [-0.15, -0.1) is 0 Å². The van der Waals surface area contributed by atoms with E-state index < -0.39 is 5.79 Å². The molecule has 0 saturated heterocycles. The van der Waals surface area contributed by atoms with Gasteiger partial charge in [-0.25, -0.2) is 4.98 Å². The van der Waals surface area contributed by atoms with Crippen LogP contribution in [0.1, 0.15) is 13.8 Å². The van der Waals surface area contributed by atoms with Gasteiger partial charge in [0, 0.05) is 25.4 Å². The van der Waals surface area contributed by atoms with E-state index in [2.05, 4.69) is 4.98 Å². The van der Waals surface area contributed by atoms with Crippen molar-refractivity contribution in [3.8, 4) is 5.19 Å². The molecule has 14 heavy (non-hydrogen) atoms. The Morgan fingerprint density at radius 2 is 2.43 bits per heavy atom. The number of rotatable bonds is 3. The van der Waals surface area contributed by atoms with Crippen LogP contribution in [0.15, 0.2) is 23.6 Å². The van der Waals surface area contributed by atoms with Crippen molar-refractivity contribution in [1.29, 1.82) is 0 Å². The van der Waals surface area contributed by atoms with Crippen LogP contribution in [0, 0.1) is 0 Å². The lowest BCUT2D eigenvalue weighted by molar-refractivity contribution is -0.119. The third kappa shape index (κ3) is 2.17. The Morgan fingerprint density at radius 1 is 1.57 bits per heavy atom. The summed E-state index contributed by atoms with van der Waals surface area (Å²) in [7, 11) is 0. The number of aromatic nitrogens is 1. The molecule has 4 nitrogen and oxygen atoms in total. The SMILES string of the molecule is CC1(C)OC=C(COc2nccs2)O1. The lowest BCUT2D eigenvalue weighted by Gasteiger charge is -2.17. The van der Waals surface area contributed by atoms with Gasteiger partial charge < -0.3 is 14.2 Å². The van der Waals surface area contributed by atoms with Gasteiger partial charge in [-0.2, -0.15) is 0 Å². The van der Waals surface area contributed by atoms with Crippen molar-refractivity contribution in [2.24, 2.45) is 0 Å². The summed E-state index contributed by atoms with van der Waals surface area (Å²) in [5, 5.41) is 2.50. The Labute approximate surface area is 86.1 Å². The van der Waals surface area contributed by atoms with Crippen LogP contribution < -0.4 is 4.74 Å². The van der Waals surface area contributed by atoms with Crippen LogP contribution in [0.25, 0.3) is 0 Å². The Bertz CT molecular complexity index is 332. The Kier molecular flexibility index (Phi) is 2.33. The smallest absolute Gasteiger partial charge is 0.273 e. The fraction of sp³-hybridized carbons (Fsp3) is 0.444. The molecule has 0 fully saturated rings. The summed E-state index contributed by atoms with van der Waals surface area (Å²) in [6, 6.07) is 0. The Hall–Kier alpha value is -1.23. The summed E-state index contributed by atoms with van der Waals surface area (Å²) in [6.45, 7) is 4.05. The van der Waals surface area contributed by atoms with Crippen molar-refractivity contribution in [1.82, 2.24) is 4.98 Å². The van der Waals surface area contributed by atoms with Crippen LogP contribution in [0.5, 0.6) is 5.19 Å². The van der Waals surface area contributed by atoms with Gasteiger partial charge in [0.1, 0.15) is 6.26 Å². The zero-order valence-electron chi connectivity index (χ0n) is 8.02. The average Bonchev–Trinajstić information content (AvgIpc) is 2.70. The minimum atomic E-state index is -0.568. The first-order valence-electron chi connectivity index (χ1n) is 4.24. The second kappa shape index (κ2) is 3.49. The number of hydrogen-bond donors (Lipinski definition) is 0. The summed E-state index contributed by atoms with van der Waals surface area (Å²) in [6.07, 6.45) is 3.28. The van der Waals surface area contributed by atoms with Gasteiger partial charge in [0.05, 0.1) is 0 Å². The molecule has 0 bridgehead atoms. The zero-order chi connectivity index (χ0) is 10.0. The maximum absolute atomic E-state index is 5.44. The molecule has 0 unspecified atom stereocenters. The van der Waals surface area contributed by atoms with Crippen molar-refractivity contribution in [3.63, 3.8) is 0 Å². The number of nitrogens with zero attached hydrogens (tertiary/aromatic N) is 1. The van der Waals surface area contributed by atoms with E-state index in [0.717, 1.165) is 0 Å². The number of hydrogen-bond acceptors (Lipinski definition) is 5.